The number of imidazole rings is 1. The molecule has 23 heteroatoms. The minimum Gasteiger partial charge on any atom is -0.386 e. The van der Waals surface area contributed by atoms with Gasteiger partial charge in [0.25, 0.3) is 0 Å². The second-order valence-electron chi connectivity index (χ2n) is 10.3. The summed E-state index contributed by atoms with van der Waals surface area (Å²) in [5.41, 5.74) is 6.79. The maximum absolute atomic E-state index is 13.7. The zero-order valence-electron chi connectivity index (χ0n) is 22.5. The van der Waals surface area contributed by atoms with Crippen molar-refractivity contribution in [1.82, 2.24) is 24.1 Å². The van der Waals surface area contributed by atoms with Crippen LogP contribution in [0.15, 0.2) is 29.6 Å². The molecule has 3 fully saturated rings. The van der Waals surface area contributed by atoms with Crippen LogP contribution in [0.2, 0.25) is 10.0 Å². The molecule has 6 heterocycles. The van der Waals surface area contributed by atoms with Gasteiger partial charge < -0.3 is 30.0 Å². The number of fused-ring (bicyclic) bond motifs is 5. The molecule has 3 saturated heterocycles. The number of rotatable bonds is 2. The number of nitrogens with two attached hydrogens (primary N) is 1. The molecule has 10 atom stereocenters. The van der Waals surface area contributed by atoms with Crippen LogP contribution in [-0.2, 0) is 36.7 Å². The first-order valence-corrected chi connectivity index (χ1v) is 19.2. The van der Waals surface area contributed by atoms with Gasteiger partial charge in [-0.3, -0.25) is 32.0 Å². The van der Waals surface area contributed by atoms with Gasteiger partial charge in [-0.1, -0.05) is 46.8 Å². The molecular formula is C22H22Cl2N6O11P2S2. The van der Waals surface area contributed by atoms with Crippen LogP contribution in [0.25, 0.3) is 21.4 Å². The van der Waals surface area contributed by atoms with Crippen LogP contribution in [0.1, 0.15) is 12.5 Å². The van der Waals surface area contributed by atoms with Gasteiger partial charge in [0.1, 0.15) is 47.4 Å². The van der Waals surface area contributed by atoms with E-state index in [2.05, 4.69) is 27.2 Å². The Kier molecular flexibility index (Phi) is 8.15. The molecule has 3 aromatic heterocycles. The van der Waals surface area contributed by atoms with Crippen molar-refractivity contribution in [1.29, 1.82) is 0 Å². The number of halogens is 2. The summed E-state index contributed by atoms with van der Waals surface area (Å²) in [6, 6.07) is 3.02. The molecule has 0 amide bonds. The highest BCUT2D eigenvalue weighted by molar-refractivity contribution is 8.44. The molecule has 242 valence electrons. The smallest absolute Gasteiger partial charge is 0.386 e. The zero-order chi connectivity index (χ0) is 32.0. The molecule has 4 N–H and O–H groups in total. The van der Waals surface area contributed by atoms with E-state index in [0.29, 0.717) is 11.0 Å². The van der Waals surface area contributed by atoms with Crippen molar-refractivity contribution >= 4 is 88.4 Å². The third kappa shape index (κ3) is 5.66. The first-order chi connectivity index (χ1) is 21.2. The van der Waals surface area contributed by atoms with Crippen molar-refractivity contribution in [3.8, 4) is 0 Å². The number of nitrogens with zero attached hydrogens (tertiary/aromatic N) is 5. The van der Waals surface area contributed by atoms with Crippen LogP contribution in [0.5, 0.6) is 0 Å². The summed E-state index contributed by atoms with van der Waals surface area (Å²) in [6.07, 6.45) is -9.47. The van der Waals surface area contributed by atoms with E-state index >= 15 is 0 Å². The third-order valence-corrected chi connectivity index (χ3v) is 11.8. The van der Waals surface area contributed by atoms with E-state index in [1.54, 1.807) is 0 Å². The highest BCUT2D eigenvalue weighted by Gasteiger charge is 2.55. The molecule has 0 spiro atoms. The minimum absolute atomic E-state index is 0.0431. The van der Waals surface area contributed by atoms with Crippen LogP contribution in [0.3, 0.4) is 0 Å². The van der Waals surface area contributed by atoms with Gasteiger partial charge in [0.15, 0.2) is 24.4 Å². The van der Waals surface area contributed by atoms with Crippen molar-refractivity contribution in [3.05, 3.63) is 44.5 Å². The Balaban J connectivity index is 1.23. The van der Waals surface area contributed by atoms with E-state index in [0.717, 1.165) is 28.9 Å². The van der Waals surface area contributed by atoms with E-state index in [4.69, 9.17) is 56.5 Å². The molecule has 3 aliphatic heterocycles. The third-order valence-electron chi connectivity index (χ3n) is 7.32. The number of aromatic nitrogens is 5. The fourth-order valence-corrected chi connectivity index (χ4v) is 9.29. The number of hydrogen-bond acceptors (Lipinski definition) is 16. The Morgan fingerprint density at radius 3 is 2.58 bits per heavy atom. The largest absolute Gasteiger partial charge is 0.386 e. The van der Waals surface area contributed by atoms with Crippen molar-refractivity contribution in [2.45, 2.75) is 49.3 Å². The molecule has 45 heavy (non-hydrogen) atoms. The van der Waals surface area contributed by atoms with Gasteiger partial charge in [-0.05, 0) is 12.1 Å². The fourth-order valence-electron chi connectivity index (χ4n) is 5.35. The average Bonchev–Trinajstić information content (AvgIpc) is 3.68. The van der Waals surface area contributed by atoms with Gasteiger partial charge in [-0.15, -0.1) is 0 Å². The highest BCUT2D eigenvalue weighted by atomic mass is 35.5. The molecule has 1 aromatic carbocycles. The average molecular weight is 743 g/mol. The van der Waals surface area contributed by atoms with Gasteiger partial charge in [0.2, 0.25) is 0 Å². The second-order valence-corrected chi connectivity index (χ2v) is 16.9. The number of thiol groups is 1. The maximum atomic E-state index is 13.7. The van der Waals surface area contributed by atoms with Crippen LogP contribution >= 0.6 is 61.2 Å². The summed E-state index contributed by atoms with van der Waals surface area (Å²) < 4.78 is 64.4. The number of thiazole rings is 1. The summed E-state index contributed by atoms with van der Waals surface area (Å²) in [6.45, 7) is -3.85. The topological polar surface area (TPSA) is 222 Å². The number of anilines is 1. The molecule has 3 aliphatic rings. The van der Waals surface area contributed by atoms with Crippen molar-refractivity contribution in [2.75, 3.05) is 19.0 Å². The van der Waals surface area contributed by atoms with Crippen LogP contribution in [-0.4, -0.2) is 84.4 Å². The Morgan fingerprint density at radius 1 is 1.04 bits per heavy atom. The normalized spacial score (nSPS) is 37.5. The van der Waals surface area contributed by atoms with Gasteiger partial charge in [-0.25, -0.2) is 19.5 Å². The SMILES string of the molecule is CP1(=O)O[C@H]2O[C@@H](n3cnc4cc(Cl)c(Cl)cc43)[C@H](OP(=O)(S)OC[C@H]3O[C@@H](n4c(=O)sc5c(N)ncnc54)[C@H](O)[C@@H]3O1)[C@@H]2O. The minimum atomic E-state index is -4.35. The molecule has 7 rings (SSSR count). The van der Waals surface area contributed by atoms with Crippen molar-refractivity contribution in [2.24, 2.45) is 0 Å². The van der Waals surface area contributed by atoms with Gasteiger partial charge >= 0.3 is 19.3 Å². The lowest BCUT2D eigenvalue weighted by Crippen LogP contribution is -2.38. The van der Waals surface area contributed by atoms with E-state index < -0.39 is 75.1 Å². The first kappa shape index (κ1) is 31.9. The van der Waals surface area contributed by atoms with E-state index in [-0.39, 0.29) is 26.2 Å². The Hall–Kier alpha value is -1.67. The summed E-state index contributed by atoms with van der Waals surface area (Å²) in [7, 11) is -4.22. The van der Waals surface area contributed by atoms with Crippen LogP contribution in [0.4, 0.5) is 5.82 Å². The Morgan fingerprint density at radius 2 is 1.80 bits per heavy atom. The van der Waals surface area contributed by atoms with Crippen molar-refractivity contribution in [3.63, 3.8) is 0 Å². The fraction of sp³-hybridized carbons (Fsp3) is 0.455. The lowest BCUT2D eigenvalue weighted by molar-refractivity contribution is -0.132. The van der Waals surface area contributed by atoms with Gasteiger partial charge in [-0.2, -0.15) is 0 Å². The summed E-state index contributed by atoms with van der Waals surface area (Å²) in [4.78, 5) is 24.6. The molecule has 17 nitrogen and oxygen atoms in total. The maximum Gasteiger partial charge on any atom is 0.386 e. The predicted molar refractivity (Wildman–Crippen MR) is 163 cm³/mol. The number of aliphatic hydroxyl groups is 2. The number of benzene rings is 1. The standard InChI is InChI=1S/C22H22Cl2N6O11P2S2/c1-42(34)39-14-11(37-19(12(14)31)30-18-16(45-22(30)33)17(25)26-5-27-18)4-36-43(35,44)40-15-13(32)21(41-42)38-20(15)29-6-28-9-2-7(23)8(24)3-10(9)29/h2-3,5-6,11-15,19-21,31-32H,4H2,1H3,(H,35,44)(H2,25,26,27)/t11-,12-,13+,14-,15-,19-,20-,21-,42?,43?/m1/s1. The molecule has 2 unspecified atom stereocenters. The second kappa shape index (κ2) is 11.5. The number of aliphatic hydroxyl groups excluding tert-OH is 2. The summed E-state index contributed by atoms with van der Waals surface area (Å²) in [5.74, 6) is 0.0431. The Labute approximate surface area is 271 Å². The lowest BCUT2D eigenvalue weighted by atomic mass is 10.1. The number of ether oxygens (including phenoxy) is 2. The molecule has 0 saturated carbocycles. The molecular weight excluding hydrogens is 721 g/mol. The van der Waals surface area contributed by atoms with Gasteiger partial charge in [0.05, 0.1) is 34.0 Å². The molecule has 4 aromatic rings. The number of nitrogen functional groups attached to an aromatic ring is 1. The van der Waals surface area contributed by atoms with E-state index in [9.17, 15) is 24.1 Å². The molecule has 0 radical (unpaired) electrons. The Bertz CT molecular complexity index is 1980. The van der Waals surface area contributed by atoms with E-state index in [1.165, 1.54) is 23.0 Å². The molecule has 2 bridgehead atoms. The van der Waals surface area contributed by atoms with E-state index in [1.807, 2.05) is 0 Å². The first-order valence-electron chi connectivity index (χ1n) is 12.9. The van der Waals surface area contributed by atoms with Crippen LogP contribution < -0.4 is 10.6 Å². The highest BCUT2D eigenvalue weighted by Crippen LogP contribution is 2.59. The van der Waals surface area contributed by atoms with Crippen molar-refractivity contribution < 1.29 is 46.9 Å². The van der Waals surface area contributed by atoms with Crippen LogP contribution in [0, 0.1) is 0 Å². The molecule has 0 aliphatic carbocycles. The predicted octanol–water partition coefficient (Wildman–Crippen LogP) is 2.94. The zero-order valence-corrected chi connectivity index (χ0v) is 27.5. The summed E-state index contributed by atoms with van der Waals surface area (Å²) in [5, 5.41) is 23.0. The lowest BCUT2D eigenvalue weighted by Gasteiger charge is -2.28. The van der Waals surface area contributed by atoms with Gasteiger partial charge in [0, 0.05) is 6.66 Å². The quantitative estimate of drug-likeness (QED) is 0.171. The number of hydrogen-bond donors (Lipinski definition) is 4. The summed E-state index contributed by atoms with van der Waals surface area (Å²) >= 11 is 17.1. The monoisotopic (exact) mass is 742 g/mol.